The van der Waals surface area contributed by atoms with Gasteiger partial charge in [-0.15, -0.1) is 0 Å². The lowest BCUT2D eigenvalue weighted by Gasteiger charge is -2.16. The van der Waals surface area contributed by atoms with E-state index in [1.165, 1.54) is 148 Å². The van der Waals surface area contributed by atoms with E-state index in [-0.39, 0.29) is 0 Å². The maximum absolute atomic E-state index is 2.55. The molecular weight excluding hydrogens is 326 g/mol. The first-order chi connectivity index (χ1) is 13.3. The van der Waals surface area contributed by atoms with Crippen LogP contribution in [-0.4, -0.2) is 25.0 Å². The number of hydrogen-bond donors (Lipinski definition) is 0. The molecule has 0 bridgehead atoms. The molecule has 0 aromatic carbocycles. The van der Waals surface area contributed by atoms with E-state index in [0.29, 0.717) is 0 Å². The second-order valence-corrected chi connectivity index (χ2v) is 9.02. The molecular formula is C26H55N. The van der Waals surface area contributed by atoms with Crippen LogP contribution in [0.3, 0.4) is 0 Å². The van der Waals surface area contributed by atoms with Gasteiger partial charge in [-0.1, -0.05) is 136 Å². The fourth-order valence-corrected chi connectivity index (χ4v) is 4.03. The molecule has 0 aliphatic carbocycles. The number of unbranched alkanes of at least 4 members (excludes halogenated alkanes) is 19. The molecule has 1 nitrogen and oxygen atoms in total. The van der Waals surface area contributed by atoms with Crippen LogP contribution in [0.25, 0.3) is 0 Å². The second kappa shape index (κ2) is 24.0. The standard InChI is InChI=1S/C26H55N/c1-4-6-8-10-11-12-13-14-15-16-17-18-19-20-22-24-26-27(3)25-23-21-9-7-5-2/h4-26H2,1-3H3. The largest absolute Gasteiger partial charge is 0.306 e. The molecule has 0 atom stereocenters. The molecule has 164 valence electrons. The van der Waals surface area contributed by atoms with Gasteiger partial charge < -0.3 is 4.90 Å². The molecule has 0 saturated heterocycles. The van der Waals surface area contributed by atoms with Crippen molar-refractivity contribution in [2.75, 3.05) is 20.1 Å². The average Bonchev–Trinajstić information content (AvgIpc) is 2.67. The Morgan fingerprint density at radius 2 is 0.556 bits per heavy atom. The van der Waals surface area contributed by atoms with E-state index in [1.54, 1.807) is 0 Å². The fraction of sp³-hybridized carbons (Fsp3) is 1.00. The highest BCUT2D eigenvalue weighted by atomic mass is 15.1. The Labute approximate surface area is 174 Å². The van der Waals surface area contributed by atoms with E-state index in [9.17, 15) is 0 Å². The Hall–Kier alpha value is -0.0400. The smallest absolute Gasteiger partial charge is 0.00218 e. The second-order valence-electron chi connectivity index (χ2n) is 9.02. The lowest BCUT2D eigenvalue weighted by atomic mass is 10.0. The molecule has 0 saturated carbocycles. The van der Waals surface area contributed by atoms with Crippen LogP contribution in [0.1, 0.15) is 149 Å². The van der Waals surface area contributed by atoms with Crippen LogP contribution >= 0.6 is 0 Å². The Morgan fingerprint density at radius 3 is 0.815 bits per heavy atom. The first kappa shape index (κ1) is 27.0. The van der Waals surface area contributed by atoms with Crippen molar-refractivity contribution in [3.8, 4) is 0 Å². The van der Waals surface area contributed by atoms with Crippen LogP contribution in [0.2, 0.25) is 0 Å². The Morgan fingerprint density at radius 1 is 0.333 bits per heavy atom. The van der Waals surface area contributed by atoms with Crippen molar-refractivity contribution in [2.24, 2.45) is 0 Å². The summed E-state index contributed by atoms with van der Waals surface area (Å²) < 4.78 is 0. The van der Waals surface area contributed by atoms with Crippen LogP contribution < -0.4 is 0 Å². The Balaban J connectivity index is 3.08. The van der Waals surface area contributed by atoms with Gasteiger partial charge in [0.2, 0.25) is 0 Å². The van der Waals surface area contributed by atoms with E-state index in [0.717, 1.165) is 0 Å². The fourth-order valence-electron chi connectivity index (χ4n) is 4.03. The number of nitrogens with zero attached hydrogens (tertiary/aromatic N) is 1. The molecule has 0 heterocycles. The molecule has 0 rings (SSSR count). The third-order valence-electron chi connectivity index (χ3n) is 6.04. The van der Waals surface area contributed by atoms with Crippen LogP contribution in [0.4, 0.5) is 0 Å². The zero-order valence-corrected chi connectivity index (χ0v) is 19.7. The van der Waals surface area contributed by atoms with E-state index in [4.69, 9.17) is 0 Å². The van der Waals surface area contributed by atoms with Gasteiger partial charge in [0.1, 0.15) is 0 Å². The average molecular weight is 382 g/mol. The minimum absolute atomic E-state index is 1.31. The molecule has 0 aromatic rings. The molecule has 0 spiro atoms. The molecule has 0 aromatic heterocycles. The Kier molecular flexibility index (Phi) is 24.0. The maximum atomic E-state index is 2.55. The van der Waals surface area contributed by atoms with Gasteiger partial charge in [-0.2, -0.15) is 0 Å². The van der Waals surface area contributed by atoms with Crippen molar-refractivity contribution in [1.29, 1.82) is 0 Å². The van der Waals surface area contributed by atoms with Crippen LogP contribution in [0.5, 0.6) is 0 Å². The number of rotatable bonds is 23. The predicted octanol–water partition coefficient (Wildman–Crippen LogP) is 9.15. The van der Waals surface area contributed by atoms with Gasteiger partial charge in [0.05, 0.1) is 0 Å². The highest BCUT2D eigenvalue weighted by Gasteiger charge is 1.99. The third-order valence-corrected chi connectivity index (χ3v) is 6.04. The van der Waals surface area contributed by atoms with Gasteiger partial charge in [0.25, 0.3) is 0 Å². The van der Waals surface area contributed by atoms with Crippen molar-refractivity contribution >= 4 is 0 Å². The van der Waals surface area contributed by atoms with E-state index < -0.39 is 0 Å². The minimum Gasteiger partial charge on any atom is -0.306 e. The van der Waals surface area contributed by atoms with E-state index in [1.807, 2.05) is 0 Å². The van der Waals surface area contributed by atoms with Gasteiger partial charge in [-0.3, -0.25) is 0 Å². The van der Waals surface area contributed by atoms with Crippen molar-refractivity contribution in [3.63, 3.8) is 0 Å². The summed E-state index contributed by atoms with van der Waals surface area (Å²) in [5.74, 6) is 0. The quantitative estimate of drug-likeness (QED) is 0.159. The monoisotopic (exact) mass is 381 g/mol. The molecule has 0 unspecified atom stereocenters. The molecule has 0 amide bonds. The third kappa shape index (κ3) is 23.9. The summed E-state index contributed by atoms with van der Waals surface area (Å²) >= 11 is 0. The van der Waals surface area contributed by atoms with Crippen LogP contribution in [0, 0.1) is 0 Å². The molecule has 0 aliphatic heterocycles. The van der Waals surface area contributed by atoms with E-state index >= 15 is 0 Å². The highest BCUT2D eigenvalue weighted by Crippen LogP contribution is 2.13. The normalized spacial score (nSPS) is 11.6. The zero-order chi connectivity index (χ0) is 19.8. The molecule has 0 N–H and O–H groups in total. The van der Waals surface area contributed by atoms with Gasteiger partial charge in [-0.25, -0.2) is 0 Å². The van der Waals surface area contributed by atoms with Crippen molar-refractivity contribution in [1.82, 2.24) is 4.90 Å². The van der Waals surface area contributed by atoms with Crippen molar-refractivity contribution < 1.29 is 0 Å². The van der Waals surface area contributed by atoms with Gasteiger partial charge in [0.15, 0.2) is 0 Å². The summed E-state index contributed by atoms with van der Waals surface area (Å²) in [7, 11) is 2.31. The first-order valence-electron chi connectivity index (χ1n) is 13.0. The molecule has 0 fully saturated rings. The zero-order valence-electron chi connectivity index (χ0n) is 19.7. The number of hydrogen-bond acceptors (Lipinski definition) is 1. The van der Waals surface area contributed by atoms with Gasteiger partial charge in [0, 0.05) is 0 Å². The Bertz CT molecular complexity index is 251. The summed E-state index contributed by atoms with van der Waals surface area (Å²) in [6, 6.07) is 0. The molecule has 0 aliphatic rings. The lowest BCUT2D eigenvalue weighted by molar-refractivity contribution is 0.314. The summed E-state index contributed by atoms with van der Waals surface area (Å²) in [4.78, 5) is 2.55. The van der Waals surface area contributed by atoms with Gasteiger partial charge in [-0.05, 0) is 33.0 Å². The summed E-state index contributed by atoms with van der Waals surface area (Å²) in [6.07, 6.45) is 30.4. The summed E-state index contributed by atoms with van der Waals surface area (Å²) in [6.45, 7) is 7.22. The van der Waals surface area contributed by atoms with Gasteiger partial charge >= 0.3 is 0 Å². The maximum Gasteiger partial charge on any atom is -0.00218 e. The van der Waals surface area contributed by atoms with Crippen LogP contribution in [-0.2, 0) is 0 Å². The summed E-state index contributed by atoms with van der Waals surface area (Å²) in [5, 5.41) is 0. The lowest BCUT2D eigenvalue weighted by Crippen LogP contribution is -2.20. The molecule has 0 radical (unpaired) electrons. The topological polar surface area (TPSA) is 3.24 Å². The summed E-state index contributed by atoms with van der Waals surface area (Å²) in [5.41, 5.74) is 0. The minimum atomic E-state index is 1.31. The van der Waals surface area contributed by atoms with E-state index in [2.05, 4.69) is 25.8 Å². The van der Waals surface area contributed by atoms with Crippen molar-refractivity contribution in [2.45, 2.75) is 149 Å². The molecule has 1 heteroatoms. The van der Waals surface area contributed by atoms with Crippen molar-refractivity contribution in [3.05, 3.63) is 0 Å². The van der Waals surface area contributed by atoms with Crippen LogP contribution in [0.15, 0.2) is 0 Å². The first-order valence-corrected chi connectivity index (χ1v) is 13.0. The SMILES string of the molecule is CCCCCCCCCCCCCCCCCCN(C)CCCCCCC. The highest BCUT2D eigenvalue weighted by molar-refractivity contribution is 4.54. The molecule has 27 heavy (non-hydrogen) atoms. The predicted molar refractivity (Wildman–Crippen MR) is 126 cm³/mol.